The van der Waals surface area contributed by atoms with E-state index in [4.69, 9.17) is 0 Å². The molecule has 174 valence electrons. The van der Waals surface area contributed by atoms with Crippen LogP contribution in [0.25, 0.3) is 0 Å². The number of hydrogen-bond acceptors (Lipinski definition) is 4. The number of aryl methyl sites for hydroxylation is 2. The molecule has 32 heavy (non-hydrogen) atoms. The Morgan fingerprint density at radius 2 is 1.62 bits per heavy atom. The highest BCUT2D eigenvalue weighted by Crippen LogP contribution is 2.33. The fraction of sp³-hybridized carbons (Fsp3) is 0.583. The lowest BCUT2D eigenvalue weighted by atomic mass is 9.84. The molecule has 0 atom stereocenters. The van der Waals surface area contributed by atoms with Gasteiger partial charge in [-0.2, -0.15) is 9.40 Å². The second kappa shape index (κ2) is 9.35. The third kappa shape index (κ3) is 4.62. The van der Waals surface area contributed by atoms with Crippen molar-refractivity contribution >= 4 is 15.9 Å². The number of sulfonamides is 1. The summed E-state index contributed by atoms with van der Waals surface area (Å²) in [6, 6.07) is 7.48. The number of carbonyl (C=O) groups excluding carboxylic acids is 1. The molecular formula is C24H34N4O3S. The van der Waals surface area contributed by atoms with Crippen LogP contribution in [0.1, 0.15) is 60.5 Å². The molecule has 0 unspecified atom stereocenters. The average Bonchev–Trinajstić information content (AvgIpc) is 3.05. The van der Waals surface area contributed by atoms with Crippen LogP contribution in [0.2, 0.25) is 0 Å². The molecule has 2 aliphatic rings. The molecule has 1 aromatic heterocycles. The van der Waals surface area contributed by atoms with Gasteiger partial charge in [-0.25, -0.2) is 8.42 Å². The molecule has 1 amide bonds. The van der Waals surface area contributed by atoms with Crippen molar-refractivity contribution in [1.29, 1.82) is 0 Å². The summed E-state index contributed by atoms with van der Waals surface area (Å²) in [6.07, 6.45) is 6.52. The van der Waals surface area contributed by atoms with Crippen LogP contribution in [0, 0.1) is 13.8 Å². The zero-order valence-electron chi connectivity index (χ0n) is 19.4. The molecule has 0 radical (unpaired) electrons. The quantitative estimate of drug-likeness (QED) is 0.690. The molecule has 1 saturated carbocycles. The van der Waals surface area contributed by atoms with Gasteiger partial charge in [0.15, 0.2) is 0 Å². The van der Waals surface area contributed by atoms with Gasteiger partial charge in [-0.3, -0.25) is 9.48 Å². The van der Waals surface area contributed by atoms with E-state index in [0.717, 1.165) is 17.0 Å². The highest BCUT2D eigenvalue weighted by atomic mass is 32.2. The number of nitrogens with zero attached hydrogens (tertiary/aromatic N) is 4. The normalized spacial score (nSPS) is 18.8. The summed E-state index contributed by atoms with van der Waals surface area (Å²) in [5.41, 5.74) is 4.08. The van der Waals surface area contributed by atoms with Gasteiger partial charge in [0.1, 0.15) is 0 Å². The van der Waals surface area contributed by atoms with E-state index in [1.54, 1.807) is 21.7 Å². The Morgan fingerprint density at radius 1 is 1.00 bits per heavy atom. The van der Waals surface area contributed by atoms with Crippen molar-refractivity contribution in [3.63, 3.8) is 0 Å². The van der Waals surface area contributed by atoms with Crippen molar-refractivity contribution in [1.82, 2.24) is 19.0 Å². The minimum atomic E-state index is -3.55. The van der Waals surface area contributed by atoms with E-state index in [9.17, 15) is 13.2 Å². The Labute approximate surface area is 191 Å². The van der Waals surface area contributed by atoms with Crippen LogP contribution in [-0.2, 0) is 28.3 Å². The van der Waals surface area contributed by atoms with Gasteiger partial charge in [0.05, 0.1) is 17.0 Å². The lowest BCUT2D eigenvalue weighted by Crippen LogP contribution is -2.50. The Morgan fingerprint density at radius 3 is 2.19 bits per heavy atom. The van der Waals surface area contributed by atoms with Crippen molar-refractivity contribution in [3.8, 4) is 0 Å². The SMILES string of the molecule is Cc1nn(C)c(C)c1CC(=O)N1CCN(S(=O)(=O)c2ccc(C3CCCCC3)cc2)CC1. The van der Waals surface area contributed by atoms with Gasteiger partial charge in [0.2, 0.25) is 15.9 Å². The summed E-state index contributed by atoms with van der Waals surface area (Å²) < 4.78 is 29.6. The third-order valence-corrected chi connectivity index (χ3v) is 9.09. The highest BCUT2D eigenvalue weighted by Gasteiger charge is 2.31. The lowest BCUT2D eigenvalue weighted by Gasteiger charge is -2.34. The molecule has 1 aromatic carbocycles. The first kappa shape index (κ1) is 23.0. The molecule has 4 rings (SSSR count). The molecule has 7 nitrogen and oxygen atoms in total. The molecule has 0 N–H and O–H groups in total. The smallest absolute Gasteiger partial charge is 0.243 e. The predicted molar refractivity (Wildman–Crippen MR) is 124 cm³/mol. The van der Waals surface area contributed by atoms with Gasteiger partial charge < -0.3 is 4.90 Å². The summed E-state index contributed by atoms with van der Waals surface area (Å²) in [4.78, 5) is 14.9. The van der Waals surface area contributed by atoms with Crippen molar-refractivity contribution in [2.75, 3.05) is 26.2 Å². The van der Waals surface area contributed by atoms with Gasteiger partial charge in [-0.15, -0.1) is 0 Å². The van der Waals surface area contributed by atoms with E-state index < -0.39 is 10.0 Å². The van der Waals surface area contributed by atoms with Crippen molar-refractivity contribution < 1.29 is 13.2 Å². The summed E-state index contributed by atoms with van der Waals surface area (Å²) in [7, 11) is -1.67. The number of rotatable bonds is 5. The Hall–Kier alpha value is -2.19. The summed E-state index contributed by atoms with van der Waals surface area (Å²) in [6.45, 7) is 5.35. The molecule has 1 aliphatic carbocycles. The van der Waals surface area contributed by atoms with Gasteiger partial charge in [0.25, 0.3) is 0 Å². The zero-order chi connectivity index (χ0) is 22.9. The standard InChI is InChI=1S/C24H34N4O3S/c1-18-23(19(2)26(3)25-18)17-24(29)27-13-15-28(16-14-27)32(30,31)22-11-9-21(10-12-22)20-7-5-4-6-8-20/h9-12,20H,4-8,13-17H2,1-3H3. The Balaban J connectivity index is 1.37. The molecule has 1 saturated heterocycles. The van der Waals surface area contributed by atoms with Gasteiger partial charge in [-0.1, -0.05) is 31.4 Å². The van der Waals surface area contributed by atoms with Crippen LogP contribution in [0.4, 0.5) is 0 Å². The fourth-order valence-corrected chi connectivity index (χ4v) is 6.43. The van der Waals surface area contributed by atoms with Crippen molar-refractivity contribution in [2.45, 2.75) is 63.2 Å². The molecule has 2 fully saturated rings. The van der Waals surface area contributed by atoms with E-state index in [-0.39, 0.29) is 5.91 Å². The van der Waals surface area contributed by atoms with Crippen molar-refractivity contribution in [2.24, 2.45) is 7.05 Å². The second-order valence-electron chi connectivity index (χ2n) is 9.14. The number of benzene rings is 1. The maximum Gasteiger partial charge on any atom is 0.243 e. The molecule has 2 heterocycles. The van der Waals surface area contributed by atoms with E-state index >= 15 is 0 Å². The number of piperazine rings is 1. The van der Waals surface area contributed by atoms with Crippen LogP contribution in [0.15, 0.2) is 29.2 Å². The van der Waals surface area contributed by atoms with Crippen LogP contribution in [-0.4, -0.2) is 59.5 Å². The van der Waals surface area contributed by atoms with E-state index in [2.05, 4.69) is 5.10 Å². The summed E-state index contributed by atoms with van der Waals surface area (Å²) in [5, 5.41) is 4.38. The first-order valence-corrected chi connectivity index (χ1v) is 13.1. The Bertz CT molecular complexity index is 1060. The van der Waals surface area contributed by atoms with Crippen LogP contribution >= 0.6 is 0 Å². The maximum absolute atomic E-state index is 13.1. The van der Waals surface area contributed by atoms with Gasteiger partial charge >= 0.3 is 0 Å². The average molecular weight is 459 g/mol. The number of aromatic nitrogens is 2. The largest absolute Gasteiger partial charge is 0.340 e. The second-order valence-corrected chi connectivity index (χ2v) is 11.1. The first-order valence-electron chi connectivity index (χ1n) is 11.6. The minimum Gasteiger partial charge on any atom is -0.340 e. The molecule has 2 aromatic rings. The Kier molecular flexibility index (Phi) is 6.72. The predicted octanol–water partition coefficient (Wildman–Crippen LogP) is 3.16. The highest BCUT2D eigenvalue weighted by molar-refractivity contribution is 7.89. The van der Waals surface area contributed by atoms with Crippen LogP contribution < -0.4 is 0 Å². The maximum atomic E-state index is 13.1. The molecule has 0 bridgehead atoms. The van der Waals surface area contributed by atoms with E-state index in [1.165, 1.54) is 42.0 Å². The third-order valence-electron chi connectivity index (χ3n) is 7.17. The number of hydrogen-bond donors (Lipinski definition) is 0. The van der Waals surface area contributed by atoms with Crippen molar-refractivity contribution in [3.05, 3.63) is 46.8 Å². The topological polar surface area (TPSA) is 75.5 Å². The lowest BCUT2D eigenvalue weighted by molar-refractivity contribution is -0.131. The summed E-state index contributed by atoms with van der Waals surface area (Å²) >= 11 is 0. The molecule has 0 spiro atoms. The zero-order valence-corrected chi connectivity index (χ0v) is 20.2. The monoisotopic (exact) mass is 458 g/mol. The molecular weight excluding hydrogens is 424 g/mol. The number of amides is 1. The fourth-order valence-electron chi connectivity index (χ4n) is 5.01. The molecule has 1 aliphatic heterocycles. The van der Waals surface area contributed by atoms with Gasteiger partial charge in [0, 0.05) is 44.5 Å². The van der Waals surface area contributed by atoms with E-state index in [0.29, 0.717) is 43.4 Å². The van der Waals surface area contributed by atoms with Crippen LogP contribution in [0.3, 0.4) is 0 Å². The van der Waals surface area contributed by atoms with Gasteiger partial charge in [-0.05, 0) is 50.3 Å². The molecule has 8 heteroatoms. The van der Waals surface area contributed by atoms with E-state index in [1.807, 2.05) is 33.0 Å². The summed E-state index contributed by atoms with van der Waals surface area (Å²) in [5.74, 6) is 0.584. The number of carbonyl (C=O) groups is 1. The minimum absolute atomic E-state index is 0.0260. The first-order chi connectivity index (χ1) is 15.3. The van der Waals surface area contributed by atoms with Crippen LogP contribution in [0.5, 0.6) is 0 Å².